The number of hydrogen-bond donors (Lipinski definition) is 4. The van der Waals surface area contributed by atoms with E-state index in [-0.39, 0.29) is 32.3 Å². The van der Waals surface area contributed by atoms with Gasteiger partial charge in [-0.3, -0.25) is 0 Å². The SMILES string of the molecule is COc1cc([C@@H]2Oc3c(OC)cc(CCCO)cc3[C@H]2CO)ccc1OC(CO)CO. The summed E-state index contributed by atoms with van der Waals surface area (Å²) in [5.41, 5.74) is 2.65. The smallest absolute Gasteiger partial charge is 0.165 e. The van der Waals surface area contributed by atoms with Crippen LogP contribution in [0.25, 0.3) is 0 Å². The Balaban J connectivity index is 1.93. The highest BCUT2D eigenvalue weighted by Crippen LogP contribution is 2.51. The Morgan fingerprint density at radius 2 is 1.68 bits per heavy atom. The molecule has 8 heteroatoms. The van der Waals surface area contributed by atoms with Crippen LogP contribution >= 0.6 is 0 Å². The van der Waals surface area contributed by atoms with Crippen LogP contribution in [0.5, 0.6) is 23.0 Å². The minimum Gasteiger partial charge on any atom is -0.493 e. The van der Waals surface area contributed by atoms with Crippen molar-refractivity contribution < 1.29 is 39.4 Å². The summed E-state index contributed by atoms with van der Waals surface area (Å²) in [5, 5.41) is 37.9. The van der Waals surface area contributed by atoms with Crippen LogP contribution in [0.1, 0.15) is 35.1 Å². The van der Waals surface area contributed by atoms with Crippen LogP contribution in [0.3, 0.4) is 0 Å². The Labute approximate surface area is 181 Å². The number of ether oxygens (including phenoxy) is 4. The number of benzene rings is 2. The second-order valence-corrected chi connectivity index (χ2v) is 7.39. The van der Waals surface area contributed by atoms with Crippen molar-refractivity contribution in [3.8, 4) is 23.0 Å². The highest BCUT2D eigenvalue weighted by molar-refractivity contribution is 5.56. The maximum atomic E-state index is 10.2. The minimum absolute atomic E-state index is 0.101. The maximum absolute atomic E-state index is 10.2. The van der Waals surface area contributed by atoms with E-state index >= 15 is 0 Å². The molecule has 0 saturated carbocycles. The van der Waals surface area contributed by atoms with E-state index in [0.717, 1.165) is 16.7 Å². The van der Waals surface area contributed by atoms with Crippen LogP contribution in [0.15, 0.2) is 30.3 Å². The van der Waals surface area contributed by atoms with Crippen LogP contribution in [0.2, 0.25) is 0 Å². The van der Waals surface area contributed by atoms with Crippen LogP contribution in [0.4, 0.5) is 0 Å². The van der Waals surface area contributed by atoms with Gasteiger partial charge in [0, 0.05) is 12.2 Å². The Hall–Kier alpha value is -2.52. The molecular formula is C23H30O8. The molecule has 0 aromatic heterocycles. The van der Waals surface area contributed by atoms with Crippen molar-refractivity contribution in [2.45, 2.75) is 31.0 Å². The third kappa shape index (κ3) is 4.88. The molecule has 1 aliphatic rings. The Morgan fingerprint density at radius 1 is 0.935 bits per heavy atom. The topological polar surface area (TPSA) is 118 Å². The molecule has 170 valence electrons. The number of methoxy groups -OCH3 is 2. The summed E-state index contributed by atoms with van der Waals surface area (Å²) in [4.78, 5) is 0. The van der Waals surface area contributed by atoms with Gasteiger partial charge in [-0.15, -0.1) is 0 Å². The van der Waals surface area contributed by atoms with Gasteiger partial charge in [0.2, 0.25) is 0 Å². The molecule has 0 unspecified atom stereocenters. The molecule has 0 fully saturated rings. The highest BCUT2D eigenvalue weighted by Gasteiger charge is 2.38. The highest BCUT2D eigenvalue weighted by atomic mass is 16.5. The quantitative estimate of drug-likeness (QED) is 0.421. The molecule has 0 bridgehead atoms. The van der Waals surface area contributed by atoms with Crippen LogP contribution in [-0.4, -0.2) is 67.2 Å². The lowest BCUT2D eigenvalue weighted by Crippen LogP contribution is -2.25. The standard InChI is InChI=1S/C23H30O8/c1-28-20-10-15(5-6-19(20)30-16(11-25)12-26)22-18(13-27)17-8-14(4-3-7-24)9-21(29-2)23(17)31-22/h5-6,8-10,16,18,22,24-27H,3-4,7,11-13H2,1-2H3/t18-,22+/m1/s1. The van der Waals surface area contributed by atoms with Gasteiger partial charge in [-0.25, -0.2) is 0 Å². The van der Waals surface area contributed by atoms with Crippen molar-refractivity contribution in [3.63, 3.8) is 0 Å². The van der Waals surface area contributed by atoms with E-state index in [2.05, 4.69) is 0 Å². The third-order valence-electron chi connectivity index (χ3n) is 5.41. The molecule has 0 radical (unpaired) electrons. The minimum atomic E-state index is -0.751. The molecular weight excluding hydrogens is 404 g/mol. The summed E-state index contributed by atoms with van der Waals surface area (Å²) < 4.78 is 22.8. The molecule has 0 amide bonds. The first-order chi connectivity index (χ1) is 15.1. The van der Waals surface area contributed by atoms with Crippen molar-refractivity contribution in [3.05, 3.63) is 47.0 Å². The van der Waals surface area contributed by atoms with Gasteiger partial charge in [0.25, 0.3) is 0 Å². The van der Waals surface area contributed by atoms with E-state index in [9.17, 15) is 15.3 Å². The van der Waals surface area contributed by atoms with Gasteiger partial charge in [-0.05, 0) is 42.2 Å². The van der Waals surface area contributed by atoms with Crippen molar-refractivity contribution >= 4 is 0 Å². The number of hydrogen-bond acceptors (Lipinski definition) is 8. The van der Waals surface area contributed by atoms with Crippen molar-refractivity contribution in [1.82, 2.24) is 0 Å². The monoisotopic (exact) mass is 434 g/mol. The van der Waals surface area contributed by atoms with Gasteiger partial charge in [0.15, 0.2) is 23.0 Å². The van der Waals surface area contributed by atoms with Gasteiger partial charge < -0.3 is 39.4 Å². The molecule has 0 aliphatic carbocycles. The molecule has 1 aliphatic heterocycles. The largest absolute Gasteiger partial charge is 0.493 e. The van der Waals surface area contributed by atoms with E-state index in [1.54, 1.807) is 19.2 Å². The summed E-state index contributed by atoms with van der Waals surface area (Å²) in [7, 11) is 3.08. The molecule has 0 spiro atoms. The third-order valence-corrected chi connectivity index (χ3v) is 5.41. The van der Waals surface area contributed by atoms with Gasteiger partial charge >= 0.3 is 0 Å². The lowest BCUT2D eigenvalue weighted by atomic mass is 9.90. The fourth-order valence-electron chi connectivity index (χ4n) is 3.80. The van der Waals surface area contributed by atoms with E-state index < -0.39 is 12.2 Å². The Morgan fingerprint density at radius 3 is 2.29 bits per heavy atom. The zero-order valence-corrected chi connectivity index (χ0v) is 17.8. The average molecular weight is 434 g/mol. The van der Waals surface area contributed by atoms with Gasteiger partial charge in [0.05, 0.1) is 40.0 Å². The fraction of sp³-hybridized carbons (Fsp3) is 0.478. The second kappa shape index (κ2) is 10.7. The molecule has 0 saturated heterocycles. The zero-order chi connectivity index (χ0) is 22.4. The van der Waals surface area contributed by atoms with Crippen molar-refractivity contribution in [1.29, 1.82) is 0 Å². The number of rotatable bonds is 11. The first kappa shape index (κ1) is 23.1. The predicted molar refractivity (Wildman–Crippen MR) is 113 cm³/mol. The van der Waals surface area contributed by atoms with Gasteiger partial charge in [-0.2, -0.15) is 0 Å². The maximum Gasteiger partial charge on any atom is 0.165 e. The van der Waals surface area contributed by atoms with Gasteiger partial charge in [-0.1, -0.05) is 12.1 Å². The van der Waals surface area contributed by atoms with E-state index in [1.807, 2.05) is 18.2 Å². The fourth-order valence-corrected chi connectivity index (χ4v) is 3.80. The zero-order valence-electron chi connectivity index (χ0n) is 17.8. The number of aryl methyl sites for hydroxylation is 1. The first-order valence-electron chi connectivity index (χ1n) is 10.3. The molecule has 1 heterocycles. The normalized spacial score (nSPS) is 17.4. The average Bonchev–Trinajstić information content (AvgIpc) is 3.19. The van der Waals surface area contributed by atoms with E-state index in [1.165, 1.54) is 7.11 Å². The summed E-state index contributed by atoms with van der Waals surface area (Å²) in [6.07, 6.45) is 0.117. The lowest BCUT2D eigenvalue weighted by Gasteiger charge is -2.21. The van der Waals surface area contributed by atoms with Crippen molar-refractivity contribution in [2.75, 3.05) is 40.6 Å². The van der Waals surface area contributed by atoms with Crippen LogP contribution < -0.4 is 18.9 Å². The first-order valence-corrected chi connectivity index (χ1v) is 10.3. The summed E-state index contributed by atoms with van der Waals surface area (Å²) in [5.74, 6) is 1.69. The van der Waals surface area contributed by atoms with Crippen molar-refractivity contribution in [2.24, 2.45) is 0 Å². The van der Waals surface area contributed by atoms with Gasteiger partial charge in [0.1, 0.15) is 12.2 Å². The molecule has 2 aromatic rings. The second-order valence-electron chi connectivity index (χ2n) is 7.39. The summed E-state index contributed by atoms with van der Waals surface area (Å²) in [6.45, 7) is -0.674. The Bertz CT molecular complexity index is 865. The predicted octanol–water partition coefficient (Wildman–Crippen LogP) is 1.57. The summed E-state index contributed by atoms with van der Waals surface area (Å²) in [6, 6.07) is 9.15. The molecule has 4 N–H and O–H groups in total. The van der Waals surface area contributed by atoms with E-state index in [0.29, 0.717) is 35.8 Å². The molecule has 8 nitrogen and oxygen atoms in total. The lowest BCUT2D eigenvalue weighted by molar-refractivity contribution is 0.0609. The van der Waals surface area contributed by atoms with E-state index in [4.69, 9.17) is 24.1 Å². The number of aliphatic hydroxyl groups is 4. The van der Waals surface area contributed by atoms with Crippen LogP contribution in [0, 0.1) is 0 Å². The molecule has 3 rings (SSSR count). The molecule has 2 atom stereocenters. The molecule has 31 heavy (non-hydrogen) atoms. The summed E-state index contributed by atoms with van der Waals surface area (Å²) >= 11 is 0. The van der Waals surface area contributed by atoms with Crippen LogP contribution in [-0.2, 0) is 6.42 Å². The number of aliphatic hydroxyl groups excluding tert-OH is 4. The Kier molecular flexibility index (Phi) is 7.97. The number of fused-ring (bicyclic) bond motifs is 1. The molecule has 2 aromatic carbocycles.